The number of anilines is 1. The summed E-state index contributed by atoms with van der Waals surface area (Å²) in [5.74, 6) is 1.22. The molecular formula is C50H59N9O7. The van der Waals surface area contributed by atoms with E-state index < -0.39 is 24.3 Å². The summed E-state index contributed by atoms with van der Waals surface area (Å²) in [6.07, 6.45) is 7.64. The highest BCUT2D eigenvalue weighted by atomic mass is 16.6. The van der Waals surface area contributed by atoms with Gasteiger partial charge in [-0.2, -0.15) is 0 Å². The number of likely N-dealkylation sites (tertiary alicyclic amines) is 2. The first kappa shape index (κ1) is 44.5. The average molecular weight is 898 g/mol. The number of carbonyl (C=O) groups is 4. The van der Waals surface area contributed by atoms with Gasteiger partial charge in [0.15, 0.2) is 0 Å². The van der Waals surface area contributed by atoms with Gasteiger partial charge < -0.3 is 49.9 Å². The Morgan fingerprint density at radius 3 is 2.23 bits per heavy atom. The number of rotatable bonds is 12. The van der Waals surface area contributed by atoms with E-state index in [1.54, 1.807) is 0 Å². The second kappa shape index (κ2) is 19.8. The van der Waals surface area contributed by atoms with Crippen molar-refractivity contribution in [2.24, 2.45) is 5.92 Å². The Hall–Kier alpha value is -6.68. The van der Waals surface area contributed by atoms with E-state index in [0.717, 1.165) is 78.2 Å². The van der Waals surface area contributed by atoms with Crippen LogP contribution < -0.4 is 16.0 Å². The van der Waals surface area contributed by atoms with Crippen molar-refractivity contribution in [3.05, 3.63) is 114 Å². The molecule has 66 heavy (non-hydrogen) atoms. The zero-order valence-corrected chi connectivity index (χ0v) is 37.8. The van der Waals surface area contributed by atoms with E-state index in [2.05, 4.69) is 68.4 Å². The maximum Gasteiger partial charge on any atom is 0.408 e. The number of amides is 4. The number of methoxy groups -OCH3 is 1. The molecule has 4 aliphatic rings. The zero-order valence-electron chi connectivity index (χ0n) is 37.8. The van der Waals surface area contributed by atoms with Crippen molar-refractivity contribution in [1.82, 2.24) is 40.4 Å². The number of hydrogen-bond acceptors (Lipinski definition) is 10. The summed E-state index contributed by atoms with van der Waals surface area (Å²) >= 11 is 0. The van der Waals surface area contributed by atoms with Gasteiger partial charge in [0.2, 0.25) is 5.91 Å². The van der Waals surface area contributed by atoms with Crippen molar-refractivity contribution >= 4 is 29.7 Å². The smallest absolute Gasteiger partial charge is 0.408 e. The number of aromatic amines is 2. The van der Waals surface area contributed by atoms with Gasteiger partial charge in [0, 0.05) is 50.3 Å². The van der Waals surface area contributed by atoms with Crippen molar-refractivity contribution < 1.29 is 33.4 Å². The maximum absolute atomic E-state index is 14.3. The van der Waals surface area contributed by atoms with Gasteiger partial charge in [-0.15, -0.1) is 0 Å². The minimum Gasteiger partial charge on any atom is -0.453 e. The van der Waals surface area contributed by atoms with Gasteiger partial charge in [-0.3, -0.25) is 9.59 Å². The van der Waals surface area contributed by atoms with E-state index >= 15 is 0 Å². The molecule has 5 aromatic rings. The highest BCUT2D eigenvalue weighted by Crippen LogP contribution is 2.38. The van der Waals surface area contributed by atoms with E-state index in [4.69, 9.17) is 24.2 Å². The number of hydrogen-bond donors (Lipinski definition) is 5. The number of aromatic nitrogens is 4. The van der Waals surface area contributed by atoms with Crippen molar-refractivity contribution in [2.45, 2.75) is 95.0 Å². The Kier molecular flexibility index (Phi) is 13.4. The summed E-state index contributed by atoms with van der Waals surface area (Å²) in [7, 11) is 1.30. The summed E-state index contributed by atoms with van der Waals surface area (Å²) in [4.78, 5) is 73.4. The molecule has 1 unspecified atom stereocenters. The molecule has 0 spiro atoms. The van der Waals surface area contributed by atoms with Crippen LogP contribution in [0.1, 0.15) is 105 Å². The lowest BCUT2D eigenvalue weighted by atomic mass is 9.90. The molecule has 0 aliphatic carbocycles. The quantitative estimate of drug-likeness (QED) is 0.0834. The van der Waals surface area contributed by atoms with Crippen LogP contribution in [0.2, 0.25) is 0 Å². The number of nitrogens with one attached hydrogen (secondary N) is 5. The molecule has 3 aromatic carbocycles. The van der Waals surface area contributed by atoms with Crippen LogP contribution in [-0.2, 0) is 30.2 Å². The Labute approximate surface area is 384 Å². The molecule has 0 saturated carbocycles. The number of H-pyrrole nitrogens is 2. The van der Waals surface area contributed by atoms with Crippen LogP contribution in [0.25, 0.3) is 22.4 Å². The number of carbonyl (C=O) groups excluding carboxylic acids is 4. The van der Waals surface area contributed by atoms with Crippen LogP contribution in [0.4, 0.5) is 15.3 Å². The second-order valence-corrected chi connectivity index (χ2v) is 18.1. The molecule has 0 bridgehead atoms. The summed E-state index contributed by atoms with van der Waals surface area (Å²) in [6.45, 7) is 6.80. The van der Waals surface area contributed by atoms with Crippen LogP contribution in [-0.4, -0.2) is 106 Å². The SMILES string of the molecule is COC(=O)N[C@H](C(=O)N1CCC[C@H]1c1nc(C2CNc3cc(-c4ccc(-c5cnc([C@@H]6CCCN6C(=O)[C@H](NC(=O)OC6CCOCC6)c6ccccc6)[nH]5)cc4)ccc3C2)c[nH]1)C(C)C. The Morgan fingerprint density at radius 1 is 0.803 bits per heavy atom. The molecule has 6 heterocycles. The standard InChI is InChI=1S/C50H59N9O7/c1-30(2)43(56-49(62)64-3)47(60)58-21-7-11-41(58)46-53-29-40(55-46)36-25-35-18-17-34(26-38(35)51-27-36)31-13-15-32(16-14-31)39-28-52-45(54-39)42-12-8-22-59(42)48(61)44(33-9-5-4-6-10-33)57-50(63)66-37-19-23-65-24-20-37/h4-6,9-10,13-18,26,28-30,36-37,41-44,51H,7-8,11-12,19-25,27H2,1-3H3,(H,52,54)(H,53,55)(H,56,62)(H,57,63)/t36?,41-,42-,43-,44+/m0/s1. The first-order valence-electron chi connectivity index (χ1n) is 23.3. The van der Waals surface area contributed by atoms with Crippen molar-refractivity contribution in [3.63, 3.8) is 0 Å². The van der Waals surface area contributed by atoms with Gasteiger partial charge in [-0.25, -0.2) is 19.6 Å². The fraction of sp³-hybridized carbons (Fsp3) is 0.440. The van der Waals surface area contributed by atoms with Crippen LogP contribution in [0.15, 0.2) is 85.2 Å². The first-order valence-corrected chi connectivity index (χ1v) is 23.3. The van der Waals surface area contributed by atoms with Crippen LogP contribution in [0.3, 0.4) is 0 Å². The number of alkyl carbamates (subject to hydrolysis) is 2. The van der Waals surface area contributed by atoms with Crippen molar-refractivity contribution in [1.29, 1.82) is 0 Å². The molecule has 4 aliphatic heterocycles. The fourth-order valence-electron chi connectivity index (χ4n) is 9.81. The number of fused-ring (bicyclic) bond motifs is 1. The predicted octanol–water partition coefficient (Wildman–Crippen LogP) is 7.57. The predicted molar refractivity (Wildman–Crippen MR) is 247 cm³/mol. The summed E-state index contributed by atoms with van der Waals surface area (Å²) in [6, 6.07) is 22.2. The lowest BCUT2D eigenvalue weighted by molar-refractivity contribution is -0.136. The number of ether oxygens (including phenoxy) is 3. The first-order chi connectivity index (χ1) is 32.1. The Bertz CT molecular complexity index is 2500. The molecular weight excluding hydrogens is 839 g/mol. The molecule has 9 rings (SSSR count). The Balaban J connectivity index is 0.831. The van der Waals surface area contributed by atoms with E-state index in [1.165, 1.54) is 12.7 Å². The minimum atomic E-state index is -0.901. The van der Waals surface area contributed by atoms with Crippen molar-refractivity contribution in [3.8, 4) is 22.4 Å². The number of imidazole rings is 2. The molecule has 4 amide bonds. The molecule has 5 N–H and O–H groups in total. The van der Waals surface area contributed by atoms with E-state index in [0.29, 0.717) is 50.5 Å². The number of benzene rings is 3. The molecule has 346 valence electrons. The minimum absolute atomic E-state index is 0.100. The summed E-state index contributed by atoms with van der Waals surface area (Å²) in [5, 5.41) is 9.25. The molecule has 0 radical (unpaired) electrons. The van der Waals surface area contributed by atoms with E-state index in [9.17, 15) is 19.2 Å². The van der Waals surface area contributed by atoms with Crippen molar-refractivity contribution in [2.75, 3.05) is 45.3 Å². The third-order valence-electron chi connectivity index (χ3n) is 13.5. The van der Waals surface area contributed by atoms with Gasteiger partial charge in [0.05, 0.1) is 50.0 Å². The normalized spacial score (nSPS) is 20.6. The summed E-state index contributed by atoms with van der Waals surface area (Å²) in [5.41, 5.74) is 7.99. The van der Waals surface area contributed by atoms with Gasteiger partial charge in [-0.1, -0.05) is 80.6 Å². The Morgan fingerprint density at radius 2 is 1.50 bits per heavy atom. The molecule has 2 aromatic heterocycles. The molecule has 3 saturated heterocycles. The topological polar surface area (TPSA) is 196 Å². The lowest BCUT2D eigenvalue weighted by Gasteiger charge is -2.30. The molecule has 5 atom stereocenters. The van der Waals surface area contributed by atoms with Gasteiger partial charge in [0.1, 0.15) is 29.8 Å². The van der Waals surface area contributed by atoms with E-state index in [1.807, 2.05) is 66.4 Å². The lowest BCUT2D eigenvalue weighted by Crippen LogP contribution is -2.51. The summed E-state index contributed by atoms with van der Waals surface area (Å²) < 4.78 is 15.9. The molecule has 3 fully saturated rings. The van der Waals surface area contributed by atoms with Gasteiger partial charge in [-0.05, 0) is 71.9 Å². The molecule has 16 nitrogen and oxygen atoms in total. The third-order valence-corrected chi connectivity index (χ3v) is 13.5. The highest BCUT2D eigenvalue weighted by Gasteiger charge is 2.39. The monoisotopic (exact) mass is 897 g/mol. The zero-order chi connectivity index (χ0) is 45.7. The average Bonchev–Trinajstić information content (AvgIpc) is 4.20. The number of nitrogens with zero attached hydrogens (tertiary/aromatic N) is 4. The van der Waals surface area contributed by atoms with Gasteiger partial charge >= 0.3 is 12.2 Å². The largest absolute Gasteiger partial charge is 0.453 e. The highest BCUT2D eigenvalue weighted by molar-refractivity contribution is 5.88. The molecule has 16 heteroatoms. The van der Waals surface area contributed by atoms with Crippen LogP contribution in [0, 0.1) is 5.92 Å². The fourth-order valence-corrected chi connectivity index (χ4v) is 9.81. The van der Waals surface area contributed by atoms with E-state index in [-0.39, 0.29) is 41.8 Å². The van der Waals surface area contributed by atoms with Crippen LogP contribution in [0.5, 0.6) is 0 Å². The van der Waals surface area contributed by atoms with Crippen LogP contribution >= 0.6 is 0 Å². The maximum atomic E-state index is 14.3. The third kappa shape index (κ3) is 9.64. The second-order valence-electron chi connectivity index (χ2n) is 18.1. The van der Waals surface area contributed by atoms with Gasteiger partial charge in [0.25, 0.3) is 5.91 Å².